The van der Waals surface area contributed by atoms with Crippen LogP contribution < -0.4 is 5.32 Å². The highest BCUT2D eigenvalue weighted by Gasteiger charge is 2.10. The van der Waals surface area contributed by atoms with Gasteiger partial charge in [-0.2, -0.15) is 0 Å². The van der Waals surface area contributed by atoms with Crippen molar-refractivity contribution >= 4 is 11.6 Å². The molecule has 0 unspecified atom stereocenters. The second-order valence-electron chi connectivity index (χ2n) is 4.11. The second kappa shape index (κ2) is 5.53. The number of nitrogens with zero attached hydrogens (tertiary/aromatic N) is 1. The molecule has 0 aromatic heterocycles. The number of halogens is 1. The molecule has 3 nitrogen and oxygen atoms in total. The number of rotatable bonds is 3. The summed E-state index contributed by atoms with van der Waals surface area (Å²) in [7, 11) is 0. The fourth-order valence-electron chi connectivity index (χ4n) is 1.97. The molecule has 0 aliphatic carbocycles. The van der Waals surface area contributed by atoms with Crippen LogP contribution in [0.2, 0.25) is 5.02 Å². The highest BCUT2D eigenvalue weighted by Crippen LogP contribution is 2.22. The average Bonchev–Trinajstić information content (AvgIpc) is 2.32. The van der Waals surface area contributed by atoms with Crippen LogP contribution in [0.15, 0.2) is 18.2 Å². The Labute approximate surface area is 101 Å². The number of hydrogen-bond donors (Lipinski definition) is 2. The molecule has 1 aromatic carbocycles. The van der Waals surface area contributed by atoms with Crippen molar-refractivity contribution in [1.29, 1.82) is 0 Å². The molecule has 1 aliphatic heterocycles. The summed E-state index contributed by atoms with van der Waals surface area (Å²) in [5.41, 5.74) is 0.936. The third kappa shape index (κ3) is 3.11. The molecule has 0 spiro atoms. The van der Waals surface area contributed by atoms with Crippen molar-refractivity contribution in [3.8, 4) is 5.75 Å². The van der Waals surface area contributed by atoms with Gasteiger partial charge < -0.3 is 15.3 Å². The fraction of sp³-hybridized carbons (Fsp3) is 0.500. The molecule has 0 radical (unpaired) electrons. The van der Waals surface area contributed by atoms with Crippen molar-refractivity contribution in [1.82, 2.24) is 10.2 Å². The van der Waals surface area contributed by atoms with Crippen LogP contribution >= 0.6 is 11.6 Å². The lowest BCUT2D eigenvalue weighted by atomic mass is 10.1. The van der Waals surface area contributed by atoms with Crippen molar-refractivity contribution in [3.05, 3.63) is 28.8 Å². The van der Waals surface area contributed by atoms with Gasteiger partial charge in [-0.15, -0.1) is 0 Å². The topological polar surface area (TPSA) is 35.5 Å². The van der Waals surface area contributed by atoms with Crippen LogP contribution in [0.1, 0.15) is 5.56 Å². The van der Waals surface area contributed by atoms with E-state index >= 15 is 0 Å². The Morgan fingerprint density at radius 1 is 1.31 bits per heavy atom. The van der Waals surface area contributed by atoms with Crippen LogP contribution in [-0.2, 0) is 6.42 Å². The summed E-state index contributed by atoms with van der Waals surface area (Å²) in [5, 5.41) is 13.7. The van der Waals surface area contributed by atoms with Gasteiger partial charge in [-0.05, 0) is 30.2 Å². The molecule has 1 aliphatic rings. The zero-order valence-electron chi connectivity index (χ0n) is 9.25. The monoisotopic (exact) mass is 240 g/mol. The summed E-state index contributed by atoms with van der Waals surface area (Å²) >= 11 is 5.90. The van der Waals surface area contributed by atoms with Gasteiger partial charge in [0.2, 0.25) is 0 Å². The second-order valence-corrected chi connectivity index (χ2v) is 4.55. The number of nitrogens with one attached hydrogen (secondary N) is 1. The molecule has 1 fully saturated rings. The van der Waals surface area contributed by atoms with Crippen molar-refractivity contribution in [2.24, 2.45) is 0 Å². The maximum atomic E-state index is 9.67. The highest BCUT2D eigenvalue weighted by molar-refractivity contribution is 6.30. The first kappa shape index (κ1) is 11.7. The van der Waals surface area contributed by atoms with Gasteiger partial charge in [0.25, 0.3) is 0 Å². The standard InChI is InChI=1S/C12H17ClN2O/c13-11-1-2-12(16)10(9-11)3-6-15-7-4-14-5-8-15/h1-2,9,14,16H,3-8H2. The largest absolute Gasteiger partial charge is 0.508 e. The summed E-state index contributed by atoms with van der Waals surface area (Å²) in [6.07, 6.45) is 0.854. The molecule has 1 saturated heterocycles. The summed E-state index contributed by atoms with van der Waals surface area (Å²) in [4.78, 5) is 2.40. The Morgan fingerprint density at radius 2 is 2.06 bits per heavy atom. The molecule has 1 heterocycles. The molecule has 0 atom stereocenters. The van der Waals surface area contributed by atoms with Crippen molar-refractivity contribution in [2.75, 3.05) is 32.7 Å². The van der Waals surface area contributed by atoms with Crippen molar-refractivity contribution < 1.29 is 5.11 Å². The number of hydrogen-bond acceptors (Lipinski definition) is 3. The summed E-state index contributed by atoms with van der Waals surface area (Å²) in [6.45, 7) is 5.27. The van der Waals surface area contributed by atoms with E-state index in [1.165, 1.54) is 0 Å². The average molecular weight is 241 g/mol. The normalized spacial score (nSPS) is 17.6. The first-order valence-corrected chi connectivity index (χ1v) is 6.04. The first-order chi connectivity index (χ1) is 7.75. The molecule has 0 saturated carbocycles. The van der Waals surface area contributed by atoms with E-state index in [9.17, 15) is 5.11 Å². The van der Waals surface area contributed by atoms with E-state index in [0.29, 0.717) is 10.8 Å². The minimum Gasteiger partial charge on any atom is -0.508 e. The Bertz CT molecular complexity index is 351. The third-order valence-corrected chi connectivity index (χ3v) is 3.18. The molecule has 0 bridgehead atoms. The Morgan fingerprint density at radius 3 is 2.81 bits per heavy atom. The van der Waals surface area contributed by atoms with Crippen LogP contribution in [0.3, 0.4) is 0 Å². The number of phenols is 1. The van der Waals surface area contributed by atoms with Gasteiger partial charge in [-0.3, -0.25) is 0 Å². The summed E-state index contributed by atoms with van der Waals surface area (Å²) in [5.74, 6) is 0.347. The number of benzene rings is 1. The van der Waals surface area contributed by atoms with E-state index in [1.807, 2.05) is 6.07 Å². The SMILES string of the molecule is Oc1ccc(Cl)cc1CCN1CCNCC1. The smallest absolute Gasteiger partial charge is 0.118 e. The lowest BCUT2D eigenvalue weighted by Crippen LogP contribution is -2.44. The predicted octanol–water partition coefficient (Wildman–Crippen LogP) is 1.49. The lowest BCUT2D eigenvalue weighted by molar-refractivity contribution is 0.243. The molecule has 0 amide bonds. The van der Waals surface area contributed by atoms with Crippen LogP contribution in [0, 0.1) is 0 Å². The zero-order chi connectivity index (χ0) is 11.4. The molecule has 2 N–H and O–H groups in total. The molecule has 1 aromatic rings. The maximum Gasteiger partial charge on any atom is 0.118 e. The number of phenolic OH excluding ortho intramolecular Hbond substituents is 1. The van der Waals surface area contributed by atoms with Gasteiger partial charge in [0, 0.05) is 37.7 Å². The quantitative estimate of drug-likeness (QED) is 0.841. The molecule has 88 valence electrons. The van der Waals surface area contributed by atoms with E-state index in [1.54, 1.807) is 12.1 Å². The van der Waals surface area contributed by atoms with Gasteiger partial charge >= 0.3 is 0 Å². The van der Waals surface area contributed by atoms with Crippen LogP contribution in [0.5, 0.6) is 5.75 Å². The highest BCUT2D eigenvalue weighted by atomic mass is 35.5. The summed E-state index contributed by atoms with van der Waals surface area (Å²) < 4.78 is 0. The zero-order valence-corrected chi connectivity index (χ0v) is 10.0. The van der Waals surface area contributed by atoms with E-state index in [4.69, 9.17) is 11.6 Å². The molecule has 4 heteroatoms. The van der Waals surface area contributed by atoms with Crippen molar-refractivity contribution in [3.63, 3.8) is 0 Å². The van der Waals surface area contributed by atoms with E-state index in [2.05, 4.69) is 10.2 Å². The van der Waals surface area contributed by atoms with Crippen LogP contribution in [0.25, 0.3) is 0 Å². The minimum atomic E-state index is 0.347. The van der Waals surface area contributed by atoms with Gasteiger partial charge in [-0.25, -0.2) is 0 Å². The minimum absolute atomic E-state index is 0.347. The lowest BCUT2D eigenvalue weighted by Gasteiger charge is -2.27. The fourth-order valence-corrected chi connectivity index (χ4v) is 2.16. The summed E-state index contributed by atoms with van der Waals surface area (Å²) in [6, 6.07) is 5.22. The number of piperazine rings is 1. The molecular formula is C12H17ClN2O. The predicted molar refractivity (Wildman–Crippen MR) is 66.1 cm³/mol. The Balaban J connectivity index is 1.90. The Kier molecular flexibility index (Phi) is 4.04. The first-order valence-electron chi connectivity index (χ1n) is 5.66. The van der Waals surface area contributed by atoms with Crippen LogP contribution in [0.4, 0.5) is 0 Å². The van der Waals surface area contributed by atoms with E-state index < -0.39 is 0 Å². The van der Waals surface area contributed by atoms with Gasteiger partial charge in [0.15, 0.2) is 0 Å². The number of aromatic hydroxyl groups is 1. The Hall–Kier alpha value is -0.770. The van der Waals surface area contributed by atoms with E-state index in [0.717, 1.165) is 44.7 Å². The molecular weight excluding hydrogens is 224 g/mol. The van der Waals surface area contributed by atoms with E-state index in [-0.39, 0.29) is 0 Å². The molecule has 16 heavy (non-hydrogen) atoms. The van der Waals surface area contributed by atoms with Gasteiger partial charge in [-0.1, -0.05) is 11.6 Å². The maximum absolute atomic E-state index is 9.67. The van der Waals surface area contributed by atoms with Gasteiger partial charge in [0.05, 0.1) is 0 Å². The van der Waals surface area contributed by atoms with Crippen molar-refractivity contribution in [2.45, 2.75) is 6.42 Å². The van der Waals surface area contributed by atoms with Crippen LogP contribution in [-0.4, -0.2) is 42.7 Å². The third-order valence-electron chi connectivity index (χ3n) is 2.95. The molecule has 2 rings (SSSR count). The van der Waals surface area contributed by atoms with Gasteiger partial charge in [0.1, 0.15) is 5.75 Å².